The minimum absolute atomic E-state index is 0.0249. The van der Waals surface area contributed by atoms with Gasteiger partial charge in [-0.2, -0.15) is 0 Å². The summed E-state index contributed by atoms with van der Waals surface area (Å²) in [4.78, 5) is 18.2. The molecule has 1 saturated heterocycles. The Kier molecular flexibility index (Phi) is 3.14. The number of aromatic nitrogens is 1. The van der Waals surface area contributed by atoms with Gasteiger partial charge in [0.15, 0.2) is 5.13 Å². The third-order valence-corrected chi connectivity index (χ3v) is 3.02. The lowest BCUT2D eigenvalue weighted by Crippen LogP contribution is -2.40. The number of nitrogens with one attached hydrogen (secondary N) is 1. The topological polar surface area (TPSA) is 80.5 Å². The number of hydrazine groups is 1. The summed E-state index contributed by atoms with van der Waals surface area (Å²) in [6.07, 6.45) is 1.72. The van der Waals surface area contributed by atoms with E-state index in [1.165, 1.54) is 11.3 Å². The number of carbonyl (C=O) groups is 1. The minimum atomic E-state index is 0.0249. The molecule has 0 aromatic carbocycles. The molecule has 2 heterocycles. The predicted molar refractivity (Wildman–Crippen MR) is 56.2 cm³/mol. The maximum atomic E-state index is 11.4. The van der Waals surface area contributed by atoms with Crippen LogP contribution in [0.15, 0.2) is 6.20 Å². The molecule has 15 heavy (non-hydrogen) atoms. The smallest absolute Gasteiger partial charge is 0.248 e. The van der Waals surface area contributed by atoms with Crippen LogP contribution >= 0.6 is 11.3 Å². The molecule has 1 aromatic rings. The van der Waals surface area contributed by atoms with E-state index in [0.717, 1.165) is 4.88 Å². The van der Waals surface area contributed by atoms with E-state index >= 15 is 0 Å². The van der Waals surface area contributed by atoms with Crippen molar-refractivity contribution in [3.8, 4) is 0 Å². The lowest BCUT2D eigenvalue weighted by Gasteiger charge is -2.25. The molecule has 82 valence electrons. The summed E-state index contributed by atoms with van der Waals surface area (Å²) in [5.74, 6) is 5.25. The first kappa shape index (κ1) is 10.3. The fraction of sp³-hybridized carbons (Fsp3) is 0.500. The largest absolute Gasteiger partial charge is 0.370 e. The second-order valence-electron chi connectivity index (χ2n) is 3.14. The van der Waals surface area contributed by atoms with Crippen molar-refractivity contribution in [3.63, 3.8) is 0 Å². The van der Waals surface area contributed by atoms with E-state index in [0.29, 0.717) is 24.8 Å². The van der Waals surface area contributed by atoms with Gasteiger partial charge in [-0.15, -0.1) is 0 Å². The van der Waals surface area contributed by atoms with Crippen molar-refractivity contribution >= 4 is 22.4 Å². The number of nitrogens with two attached hydrogens (primary N) is 1. The van der Waals surface area contributed by atoms with Crippen molar-refractivity contribution < 1.29 is 9.53 Å². The number of carbonyl (C=O) groups excluding carboxylic acids is 1. The number of hydrogen-bond acceptors (Lipinski definition) is 6. The van der Waals surface area contributed by atoms with E-state index in [1.807, 2.05) is 0 Å². The molecule has 0 atom stereocenters. The first-order chi connectivity index (χ1) is 7.29. The third kappa shape index (κ3) is 2.44. The Morgan fingerprint density at radius 3 is 3.27 bits per heavy atom. The van der Waals surface area contributed by atoms with Crippen LogP contribution in [0.1, 0.15) is 4.88 Å². The van der Waals surface area contributed by atoms with Crippen LogP contribution in [0.3, 0.4) is 0 Å². The average Bonchev–Trinajstić information content (AvgIpc) is 2.69. The van der Waals surface area contributed by atoms with Gasteiger partial charge in [-0.1, -0.05) is 11.3 Å². The lowest BCUT2D eigenvalue weighted by atomic mass is 10.4. The van der Waals surface area contributed by atoms with Gasteiger partial charge < -0.3 is 9.64 Å². The summed E-state index contributed by atoms with van der Waals surface area (Å²) in [6.45, 7) is 2.01. The Bertz CT molecular complexity index is 354. The highest BCUT2D eigenvalue weighted by Gasteiger charge is 2.19. The van der Waals surface area contributed by atoms with Crippen LogP contribution in [0.2, 0.25) is 0 Å². The van der Waals surface area contributed by atoms with Gasteiger partial charge in [-0.05, 0) is 0 Å². The molecule has 1 aromatic heterocycles. The van der Waals surface area contributed by atoms with Crippen LogP contribution < -0.4 is 11.3 Å². The summed E-state index contributed by atoms with van der Waals surface area (Å²) in [5.41, 5.74) is 2.48. The maximum absolute atomic E-state index is 11.4. The molecule has 0 aliphatic carbocycles. The number of hydrogen-bond donors (Lipinski definition) is 2. The van der Waals surface area contributed by atoms with Crippen molar-refractivity contribution in [1.82, 2.24) is 9.88 Å². The molecule has 0 unspecified atom stereocenters. The molecule has 1 aliphatic heterocycles. The fourth-order valence-electron chi connectivity index (χ4n) is 1.35. The quantitative estimate of drug-likeness (QED) is 0.552. The Labute approximate surface area is 91.0 Å². The van der Waals surface area contributed by atoms with Gasteiger partial charge in [0.25, 0.3) is 0 Å². The normalized spacial score (nSPS) is 16.9. The Hall–Kier alpha value is -1.18. The van der Waals surface area contributed by atoms with Gasteiger partial charge in [0.05, 0.1) is 13.2 Å². The highest BCUT2D eigenvalue weighted by atomic mass is 32.1. The molecule has 0 spiro atoms. The molecule has 1 aliphatic rings. The van der Waals surface area contributed by atoms with Gasteiger partial charge in [0.2, 0.25) is 5.91 Å². The van der Waals surface area contributed by atoms with Crippen molar-refractivity contribution in [2.45, 2.75) is 6.54 Å². The number of ether oxygens (including phenoxy) is 1. The minimum Gasteiger partial charge on any atom is -0.370 e. The van der Waals surface area contributed by atoms with Gasteiger partial charge in [0.1, 0.15) is 6.61 Å². The molecule has 0 radical (unpaired) electrons. The molecule has 7 heteroatoms. The van der Waals surface area contributed by atoms with Crippen molar-refractivity contribution in [1.29, 1.82) is 0 Å². The fourth-order valence-corrected chi connectivity index (χ4v) is 2.09. The number of thiazole rings is 1. The van der Waals surface area contributed by atoms with E-state index in [2.05, 4.69) is 10.4 Å². The first-order valence-corrected chi connectivity index (χ1v) is 5.38. The molecule has 0 saturated carbocycles. The maximum Gasteiger partial charge on any atom is 0.248 e. The standard InChI is InChI=1S/C8H12N4O2S/c9-11-8-10-3-6(15-8)4-12-1-2-14-5-7(12)13/h3H,1-2,4-5,9H2,(H,10,11). The summed E-state index contributed by atoms with van der Waals surface area (Å²) in [6, 6.07) is 0. The molecule has 2 rings (SSSR count). The molecular formula is C8H12N4O2S. The lowest BCUT2D eigenvalue weighted by molar-refractivity contribution is -0.143. The van der Waals surface area contributed by atoms with Crippen LogP contribution in [-0.4, -0.2) is 35.5 Å². The van der Waals surface area contributed by atoms with E-state index < -0.39 is 0 Å². The summed E-state index contributed by atoms with van der Waals surface area (Å²) < 4.78 is 5.04. The Morgan fingerprint density at radius 1 is 1.73 bits per heavy atom. The highest BCUT2D eigenvalue weighted by molar-refractivity contribution is 7.15. The van der Waals surface area contributed by atoms with E-state index in [-0.39, 0.29) is 12.5 Å². The second-order valence-corrected chi connectivity index (χ2v) is 4.26. The zero-order valence-electron chi connectivity index (χ0n) is 8.10. The van der Waals surface area contributed by atoms with Gasteiger partial charge in [-0.3, -0.25) is 10.2 Å². The number of amides is 1. The van der Waals surface area contributed by atoms with Crippen molar-refractivity contribution in [2.24, 2.45) is 5.84 Å². The molecule has 1 amide bonds. The SMILES string of the molecule is NNc1ncc(CN2CCOCC2=O)s1. The number of nitrogen functional groups attached to an aromatic ring is 1. The number of morpholine rings is 1. The van der Waals surface area contributed by atoms with Crippen LogP contribution in [0, 0.1) is 0 Å². The molecule has 0 bridgehead atoms. The number of nitrogens with zero attached hydrogens (tertiary/aromatic N) is 2. The van der Waals surface area contributed by atoms with Gasteiger partial charge in [-0.25, -0.2) is 10.8 Å². The van der Waals surface area contributed by atoms with E-state index in [9.17, 15) is 4.79 Å². The molecule has 3 N–H and O–H groups in total. The molecule has 1 fully saturated rings. The van der Waals surface area contributed by atoms with Gasteiger partial charge in [0, 0.05) is 17.6 Å². The van der Waals surface area contributed by atoms with Crippen LogP contribution in [-0.2, 0) is 16.1 Å². The van der Waals surface area contributed by atoms with E-state index in [1.54, 1.807) is 11.1 Å². The highest BCUT2D eigenvalue weighted by Crippen LogP contribution is 2.19. The van der Waals surface area contributed by atoms with E-state index in [4.69, 9.17) is 10.6 Å². The summed E-state index contributed by atoms with van der Waals surface area (Å²) in [7, 11) is 0. The number of anilines is 1. The molecular weight excluding hydrogens is 216 g/mol. The first-order valence-electron chi connectivity index (χ1n) is 4.56. The van der Waals surface area contributed by atoms with Crippen molar-refractivity contribution in [3.05, 3.63) is 11.1 Å². The Balaban J connectivity index is 1.98. The molecule has 6 nitrogen and oxygen atoms in total. The van der Waals surface area contributed by atoms with Crippen molar-refractivity contribution in [2.75, 3.05) is 25.2 Å². The average molecular weight is 228 g/mol. The summed E-state index contributed by atoms with van der Waals surface area (Å²) >= 11 is 1.45. The zero-order chi connectivity index (χ0) is 10.7. The van der Waals surface area contributed by atoms with Gasteiger partial charge >= 0.3 is 0 Å². The zero-order valence-corrected chi connectivity index (χ0v) is 8.92. The number of rotatable bonds is 3. The monoisotopic (exact) mass is 228 g/mol. The van der Waals surface area contributed by atoms with Crippen LogP contribution in [0.5, 0.6) is 0 Å². The predicted octanol–water partition coefficient (Wildman–Crippen LogP) is -0.213. The second kappa shape index (κ2) is 4.56. The summed E-state index contributed by atoms with van der Waals surface area (Å²) in [5, 5.41) is 0.658. The van der Waals surface area contributed by atoms with Crippen LogP contribution in [0.4, 0.5) is 5.13 Å². The third-order valence-electron chi connectivity index (χ3n) is 2.11. The Morgan fingerprint density at radius 2 is 2.60 bits per heavy atom. The van der Waals surface area contributed by atoms with Crippen LogP contribution in [0.25, 0.3) is 0 Å².